The highest BCUT2D eigenvalue weighted by atomic mass is 16.3. The van der Waals surface area contributed by atoms with Gasteiger partial charge in [0, 0.05) is 12.0 Å². The lowest BCUT2D eigenvalue weighted by atomic mass is 9.70. The van der Waals surface area contributed by atoms with E-state index in [4.69, 9.17) is 5.11 Å². The Bertz CT molecular complexity index is 210. The molecule has 0 aromatic heterocycles. The highest BCUT2D eigenvalue weighted by Gasteiger charge is 2.43. The van der Waals surface area contributed by atoms with Crippen LogP contribution in [-0.4, -0.2) is 45.3 Å². The van der Waals surface area contributed by atoms with Crippen molar-refractivity contribution in [3.63, 3.8) is 0 Å². The monoisotopic (exact) mass is 248 g/mol. The van der Waals surface area contributed by atoms with Crippen LogP contribution >= 0.6 is 0 Å². The van der Waals surface area contributed by atoms with Gasteiger partial charge in [-0.25, -0.2) is 0 Å². The standard InChI is InChI=1S/C13H28O4/c1-5-9(3)11(16)13(4,6-2)12(17)10(15)7-8-14/h9-12,14-17H,5-8H2,1-4H3. The van der Waals surface area contributed by atoms with Gasteiger partial charge in [-0.3, -0.25) is 0 Å². The lowest BCUT2D eigenvalue weighted by molar-refractivity contribution is -0.130. The largest absolute Gasteiger partial charge is 0.396 e. The Balaban J connectivity index is 4.86. The molecule has 0 heterocycles. The molecule has 0 fully saturated rings. The van der Waals surface area contributed by atoms with Crippen LogP contribution in [0.15, 0.2) is 0 Å². The van der Waals surface area contributed by atoms with E-state index >= 15 is 0 Å². The van der Waals surface area contributed by atoms with Gasteiger partial charge in [-0.2, -0.15) is 0 Å². The Morgan fingerprint density at radius 2 is 1.59 bits per heavy atom. The minimum Gasteiger partial charge on any atom is -0.396 e. The van der Waals surface area contributed by atoms with Crippen LogP contribution in [-0.2, 0) is 0 Å². The van der Waals surface area contributed by atoms with Crippen LogP contribution in [0.2, 0.25) is 0 Å². The van der Waals surface area contributed by atoms with Crippen LogP contribution in [0, 0.1) is 11.3 Å². The Morgan fingerprint density at radius 3 is 1.94 bits per heavy atom. The third kappa shape index (κ3) is 3.91. The molecule has 5 atom stereocenters. The lowest BCUT2D eigenvalue weighted by Gasteiger charge is -2.42. The first kappa shape index (κ1) is 16.8. The molecule has 0 aromatic rings. The van der Waals surface area contributed by atoms with E-state index in [1.54, 1.807) is 6.92 Å². The zero-order chi connectivity index (χ0) is 13.6. The van der Waals surface area contributed by atoms with Gasteiger partial charge in [0.05, 0.1) is 18.3 Å². The summed E-state index contributed by atoms with van der Waals surface area (Å²) in [4.78, 5) is 0. The fraction of sp³-hybridized carbons (Fsp3) is 1.00. The first-order valence-electron chi connectivity index (χ1n) is 6.50. The highest BCUT2D eigenvalue weighted by molar-refractivity contribution is 4.93. The van der Waals surface area contributed by atoms with Gasteiger partial charge in [0.2, 0.25) is 0 Å². The number of aliphatic hydroxyl groups excluding tert-OH is 4. The van der Waals surface area contributed by atoms with Crippen molar-refractivity contribution in [3.8, 4) is 0 Å². The number of hydrogen-bond donors (Lipinski definition) is 4. The van der Waals surface area contributed by atoms with Crippen molar-refractivity contribution in [2.24, 2.45) is 11.3 Å². The van der Waals surface area contributed by atoms with Gasteiger partial charge < -0.3 is 20.4 Å². The summed E-state index contributed by atoms with van der Waals surface area (Å²) < 4.78 is 0. The molecule has 104 valence electrons. The highest BCUT2D eigenvalue weighted by Crippen LogP contribution is 2.36. The molecule has 0 aliphatic heterocycles. The molecule has 0 radical (unpaired) electrons. The zero-order valence-corrected chi connectivity index (χ0v) is 11.4. The maximum absolute atomic E-state index is 10.3. The van der Waals surface area contributed by atoms with E-state index in [0.29, 0.717) is 6.42 Å². The van der Waals surface area contributed by atoms with Gasteiger partial charge in [-0.1, -0.05) is 34.1 Å². The van der Waals surface area contributed by atoms with Crippen molar-refractivity contribution in [1.29, 1.82) is 0 Å². The summed E-state index contributed by atoms with van der Waals surface area (Å²) in [6.45, 7) is 7.43. The molecule has 4 N–H and O–H groups in total. The van der Waals surface area contributed by atoms with E-state index < -0.39 is 23.7 Å². The first-order valence-corrected chi connectivity index (χ1v) is 6.50. The van der Waals surface area contributed by atoms with Gasteiger partial charge >= 0.3 is 0 Å². The Labute approximate surface area is 104 Å². The number of aliphatic hydroxyl groups is 4. The predicted molar refractivity (Wildman–Crippen MR) is 67.6 cm³/mol. The predicted octanol–water partition coefficient (Wildman–Crippen LogP) is 0.914. The summed E-state index contributed by atoms with van der Waals surface area (Å²) in [5.41, 5.74) is -0.746. The Morgan fingerprint density at radius 1 is 1.06 bits per heavy atom. The third-order valence-electron chi connectivity index (χ3n) is 4.09. The summed E-state index contributed by atoms with van der Waals surface area (Å²) in [7, 11) is 0. The molecule has 17 heavy (non-hydrogen) atoms. The summed E-state index contributed by atoms with van der Waals surface area (Å²) in [6.07, 6.45) is -1.17. The van der Waals surface area contributed by atoms with Crippen LogP contribution in [0.4, 0.5) is 0 Å². The molecule has 0 aliphatic carbocycles. The normalized spacial score (nSPS) is 22.6. The summed E-state index contributed by atoms with van der Waals surface area (Å²) >= 11 is 0. The fourth-order valence-corrected chi connectivity index (χ4v) is 2.20. The smallest absolute Gasteiger partial charge is 0.0878 e. The molecule has 0 rings (SSSR count). The molecular formula is C13H28O4. The quantitative estimate of drug-likeness (QED) is 0.515. The summed E-state index contributed by atoms with van der Waals surface area (Å²) in [6, 6.07) is 0. The van der Waals surface area contributed by atoms with Crippen molar-refractivity contribution >= 4 is 0 Å². The molecular weight excluding hydrogens is 220 g/mol. The van der Waals surface area contributed by atoms with E-state index in [2.05, 4.69) is 0 Å². The van der Waals surface area contributed by atoms with Gasteiger partial charge in [-0.15, -0.1) is 0 Å². The second kappa shape index (κ2) is 7.31. The average molecular weight is 248 g/mol. The minimum absolute atomic E-state index is 0.0657. The van der Waals surface area contributed by atoms with E-state index in [-0.39, 0.29) is 18.9 Å². The minimum atomic E-state index is -1.02. The molecule has 0 spiro atoms. The van der Waals surface area contributed by atoms with Crippen LogP contribution in [0.25, 0.3) is 0 Å². The van der Waals surface area contributed by atoms with Crippen LogP contribution in [0.3, 0.4) is 0 Å². The number of rotatable bonds is 8. The van der Waals surface area contributed by atoms with Gasteiger partial charge in [0.25, 0.3) is 0 Å². The van der Waals surface area contributed by atoms with Crippen molar-refractivity contribution in [1.82, 2.24) is 0 Å². The van der Waals surface area contributed by atoms with Gasteiger partial charge in [0.1, 0.15) is 0 Å². The Hall–Kier alpha value is -0.160. The van der Waals surface area contributed by atoms with Crippen LogP contribution < -0.4 is 0 Å². The molecule has 4 heteroatoms. The SMILES string of the molecule is CCC(C)C(O)C(C)(CC)C(O)C(O)CCO. The zero-order valence-electron chi connectivity index (χ0n) is 11.4. The molecule has 0 saturated heterocycles. The van der Waals surface area contributed by atoms with E-state index in [9.17, 15) is 15.3 Å². The maximum Gasteiger partial charge on any atom is 0.0878 e. The fourth-order valence-electron chi connectivity index (χ4n) is 2.20. The van der Waals surface area contributed by atoms with Gasteiger partial charge in [0.15, 0.2) is 0 Å². The van der Waals surface area contributed by atoms with E-state index in [1.165, 1.54) is 0 Å². The van der Waals surface area contributed by atoms with E-state index in [0.717, 1.165) is 6.42 Å². The van der Waals surface area contributed by atoms with Crippen LogP contribution in [0.5, 0.6) is 0 Å². The Kier molecular flexibility index (Phi) is 7.24. The second-order valence-corrected chi connectivity index (χ2v) is 5.21. The van der Waals surface area contributed by atoms with Crippen molar-refractivity contribution in [2.75, 3.05) is 6.61 Å². The lowest BCUT2D eigenvalue weighted by Crippen LogP contribution is -2.50. The number of hydrogen-bond acceptors (Lipinski definition) is 4. The molecule has 0 bridgehead atoms. The summed E-state index contributed by atoms with van der Waals surface area (Å²) in [5, 5.41) is 39.0. The van der Waals surface area contributed by atoms with Gasteiger partial charge in [-0.05, 0) is 18.8 Å². The maximum atomic E-state index is 10.3. The van der Waals surface area contributed by atoms with Crippen LogP contribution in [0.1, 0.15) is 47.0 Å². The summed E-state index contributed by atoms with van der Waals surface area (Å²) in [5.74, 6) is 0.0657. The van der Waals surface area contributed by atoms with Crippen molar-refractivity contribution < 1.29 is 20.4 Å². The molecule has 0 aromatic carbocycles. The molecule has 0 saturated carbocycles. The molecule has 4 nitrogen and oxygen atoms in total. The molecule has 0 aliphatic rings. The van der Waals surface area contributed by atoms with Crippen molar-refractivity contribution in [2.45, 2.75) is 65.3 Å². The average Bonchev–Trinajstić information content (AvgIpc) is 2.35. The topological polar surface area (TPSA) is 80.9 Å². The van der Waals surface area contributed by atoms with E-state index in [1.807, 2.05) is 20.8 Å². The third-order valence-corrected chi connectivity index (χ3v) is 4.09. The second-order valence-electron chi connectivity index (χ2n) is 5.21. The van der Waals surface area contributed by atoms with Crippen molar-refractivity contribution in [3.05, 3.63) is 0 Å². The molecule has 0 amide bonds. The first-order chi connectivity index (χ1) is 7.84. The molecule has 5 unspecified atom stereocenters.